The lowest BCUT2D eigenvalue weighted by molar-refractivity contribution is -0.128. The zero-order chi connectivity index (χ0) is 32.4. The predicted octanol–water partition coefficient (Wildman–Crippen LogP) is -1.38. The highest BCUT2D eigenvalue weighted by Crippen LogP contribution is 1.97. The van der Waals surface area contributed by atoms with Gasteiger partial charge in [0.2, 0.25) is 11.8 Å². The molecule has 0 aliphatic rings. The van der Waals surface area contributed by atoms with Crippen molar-refractivity contribution >= 4 is 17.6 Å². The van der Waals surface area contributed by atoms with E-state index in [1.54, 1.807) is 14.2 Å². The lowest BCUT2D eigenvalue weighted by Crippen LogP contribution is -2.32. The molecule has 0 aliphatic carbocycles. The summed E-state index contributed by atoms with van der Waals surface area (Å²) in [6, 6.07) is 0. The van der Waals surface area contributed by atoms with Crippen LogP contribution < -0.4 is 10.6 Å². The van der Waals surface area contributed by atoms with E-state index in [1.165, 1.54) is 6.92 Å². The van der Waals surface area contributed by atoms with Gasteiger partial charge in [0.1, 0.15) is 25.9 Å². The number of ether oxygens (including phenoxy) is 11. The lowest BCUT2D eigenvalue weighted by atomic mass is 10.4. The van der Waals surface area contributed by atoms with Gasteiger partial charge >= 0.3 is 0 Å². The molecule has 0 heterocycles. The third-order valence-corrected chi connectivity index (χ3v) is 5.08. The van der Waals surface area contributed by atoms with Crippen LogP contribution >= 0.6 is 0 Å². The van der Waals surface area contributed by atoms with Crippen LogP contribution in [0.1, 0.15) is 6.92 Å². The van der Waals surface area contributed by atoms with Crippen LogP contribution in [0.4, 0.5) is 0 Å². The molecule has 0 saturated heterocycles. The molecular formula is C28H54N2O14. The van der Waals surface area contributed by atoms with E-state index in [0.717, 1.165) is 0 Å². The van der Waals surface area contributed by atoms with Crippen molar-refractivity contribution in [2.75, 3.05) is 153 Å². The minimum atomic E-state index is -0.437. The van der Waals surface area contributed by atoms with E-state index in [-0.39, 0.29) is 50.6 Å². The molecule has 0 aliphatic heterocycles. The molecule has 0 atom stereocenters. The summed E-state index contributed by atoms with van der Waals surface area (Å²) >= 11 is 0. The molecule has 0 spiro atoms. The smallest absolute Gasteiger partial charge is 0.246 e. The molecule has 2 N–H and O–H groups in total. The number of hydrogen-bond acceptors (Lipinski definition) is 14. The van der Waals surface area contributed by atoms with Crippen LogP contribution in [0.3, 0.4) is 0 Å². The van der Waals surface area contributed by atoms with Crippen molar-refractivity contribution in [3.63, 3.8) is 0 Å². The highest BCUT2D eigenvalue weighted by Gasteiger charge is 2.11. The van der Waals surface area contributed by atoms with E-state index >= 15 is 0 Å². The first-order valence-electron chi connectivity index (χ1n) is 14.7. The number of Topliss-reactive ketones (excluding diaryl/α,β-unsaturated/α-hetero) is 1. The van der Waals surface area contributed by atoms with Crippen molar-refractivity contribution in [2.45, 2.75) is 13.0 Å². The topological polar surface area (TPSA) is 177 Å². The molecule has 0 bridgehead atoms. The van der Waals surface area contributed by atoms with Crippen LogP contribution in [-0.4, -0.2) is 177 Å². The number of carbonyl (C=O) groups is 3. The van der Waals surface area contributed by atoms with Gasteiger partial charge < -0.3 is 62.7 Å². The largest absolute Gasteiger partial charge is 0.382 e. The summed E-state index contributed by atoms with van der Waals surface area (Å²) in [6.45, 7) is 7.79. The second kappa shape index (κ2) is 34.1. The fourth-order valence-corrected chi connectivity index (χ4v) is 2.93. The van der Waals surface area contributed by atoms with Crippen molar-refractivity contribution in [3.8, 4) is 0 Å². The van der Waals surface area contributed by atoms with Crippen LogP contribution in [0.15, 0.2) is 0 Å². The lowest BCUT2D eigenvalue weighted by Gasteiger charge is -2.18. The van der Waals surface area contributed by atoms with E-state index in [1.807, 2.05) is 0 Å². The standard InChI is InChI=1S/C28H54N2O14/c1-25(31)20-44-26(21-40-16-12-36-6-4-29-27(32)23-42-18-14-38-10-8-34-2)22-41-17-13-37-7-5-30-28(33)24-43-19-15-39-11-9-35-3/h26H,4-24H2,1-3H3,(H,29,32)(H,30,33). The molecule has 0 rings (SSSR count). The summed E-state index contributed by atoms with van der Waals surface area (Å²) in [4.78, 5) is 34.7. The number of nitrogens with one attached hydrogen (secondary N) is 2. The molecule has 16 nitrogen and oxygen atoms in total. The Kier molecular flexibility index (Phi) is 32.6. The minimum Gasteiger partial charge on any atom is -0.382 e. The van der Waals surface area contributed by atoms with Gasteiger partial charge in [-0.15, -0.1) is 0 Å². The van der Waals surface area contributed by atoms with Gasteiger partial charge in [-0.05, 0) is 6.92 Å². The van der Waals surface area contributed by atoms with E-state index < -0.39 is 6.10 Å². The van der Waals surface area contributed by atoms with Crippen molar-refractivity contribution in [3.05, 3.63) is 0 Å². The Labute approximate surface area is 260 Å². The molecule has 0 aromatic carbocycles. The normalized spacial score (nSPS) is 11.3. The van der Waals surface area contributed by atoms with Crippen molar-refractivity contribution in [2.24, 2.45) is 0 Å². The average Bonchev–Trinajstić information content (AvgIpc) is 3.00. The zero-order valence-corrected chi connectivity index (χ0v) is 26.6. The van der Waals surface area contributed by atoms with Gasteiger partial charge in [0.05, 0.1) is 106 Å². The number of ketones is 1. The Bertz CT molecular complexity index is 628. The number of methoxy groups -OCH3 is 2. The van der Waals surface area contributed by atoms with Gasteiger partial charge in [0, 0.05) is 27.3 Å². The van der Waals surface area contributed by atoms with Crippen molar-refractivity contribution < 1.29 is 66.5 Å². The summed E-state index contributed by atoms with van der Waals surface area (Å²) < 4.78 is 58.3. The van der Waals surface area contributed by atoms with E-state index in [4.69, 9.17) is 52.1 Å². The van der Waals surface area contributed by atoms with Gasteiger partial charge in [0.15, 0.2) is 5.78 Å². The third kappa shape index (κ3) is 33.1. The number of rotatable bonds is 35. The summed E-state index contributed by atoms with van der Waals surface area (Å²) in [7, 11) is 3.19. The summed E-state index contributed by atoms with van der Waals surface area (Å²) in [5.41, 5.74) is 0. The second-order valence-corrected chi connectivity index (χ2v) is 9.03. The van der Waals surface area contributed by atoms with Crippen LogP contribution in [0, 0.1) is 0 Å². The molecule has 2 amide bonds. The summed E-state index contributed by atoms with van der Waals surface area (Å²) in [6.07, 6.45) is -0.437. The second-order valence-electron chi connectivity index (χ2n) is 9.03. The highest BCUT2D eigenvalue weighted by molar-refractivity contribution is 5.77. The fraction of sp³-hybridized carbons (Fsp3) is 0.893. The molecule has 0 fully saturated rings. The van der Waals surface area contributed by atoms with Gasteiger partial charge in [-0.1, -0.05) is 0 Å². The molecule has 260 valence electrons. The van der Waals surface area contributed by atoms with Crippen LogP contribution in [-0.2, 0) is 66.5 Å². The summed E-state index contributed by atoms with van der Waals surface area (Å²) in [5.74, 6) is -0.573. The van der Waals surface area contributed by atoms with E-state index in [9.17, 15) is 14.4 Å². The highest BCUT2D eigenvalue weighted by atomic mass is 16.6. The number of hydrogen-bond donors (Lipinski definition) is 2. The molecule has 44 heavy (non-hydrogen) atoms. The Morgan fingerprint density at radius 2 is 0.841 bits per heavy atom. The molecular weight excluding hydrogens is 588 g/mol. The van der Waals surface area contributed by atoms with E-state index in [0.29, 0.717) is 106 Å². The molecule has 16 heteroatoms. The Morgan fingerprint density at radius 1 is 0.477 bits per heavy atom. The maximum Gasteiger partial charge on any atom is 0.246 e. The maximum atomic E-state index is 11.7. The monoisotopic (exact) mass is 642 g/mol. The maximum absolute atomic E-state index is 11.7. The third-order valence-electron chi connectivity index (χ3n) is 5.08. The van der Waals surface area contributed by atoms with Gasteiger partial charge in [-0.25, -0.2) is 0 Å². The Balaban J connectivity index is 3.72. The molecule has 0 aromatic rings. The van der Waals surface area contributed by atoms with Gasteiger partial charge in [0.25, 0.3) is 0 Å². The SMILES string of the molecule is COCCOCCOCC(=O)NCCOCCOCC(COCCOCCNC(=O)COCCOCCOC)OCC(C)=O. The quantitative estimate of drug-likeness (QED) is 0.0773. The van der Waals surface area contributed by atoms with E-state index in [2.05, 4.69) is 10.6 Å². The van der Waals surface area contributed by atoms with Gasteiger partial charge in [-0.3, -0.25) is 14.4 Å². The molecule has 0 aromatic heterocycles. The minimum absolute atomic E-state index is 0.0428. The Morgan fingerprint density at radius 3 is 1.25 bits per heavy atom. The van der Waals surface area contributed by atoms with Crippen LogP contribution in [0.25, 0.3) is 0 Å². The van der Waals surface area contributed by atoms with Crippen molar-refractivity contribution in [1.82, 2.24) is 10.6 Å². The van der Waals surface area contributed by atoms with Crippen LogP contribution in [0.2, 0.25) is 0 Å². The van der Waals surface area contributed by atoms with Gasteiger partial charge in [-0.2, -0.15) is 0 Å². The van der Waals surface area contributed by atoms with Crippen LogP contribution in [0.5, 0.6) is 0 Å². The van der Waals surface area contributed by atoms with Crippen molar-refractivity contribution in [1.29, 1.82) is 0 Å². The first-order valence-corrected chi connectivity index (χ1v) is 14.7. The zero-order valence-electron chi connectivity index (χ0n) is 26.6. The Hall–Kier alpha value is -1.83. The first kappa shape index (κ1) is 42.2. The fourth-order valence-electron chi connectivity index (χ4n) is 2.93. The average molecular weight is 643 g/mol. The summed E-state index contributed by atoms with van der Waals surface area (Å²) in [5, 5.41) is 5.39. The molecule has 0 saturated carbocycles. The number of amides is 2. The number of carbonyl (C=O) groups excluding carboxylic acids is 3. The first-order chi connectivity index (χ1) is 21.5. The predicted molar refractivity (Wildman–Crippen MR) is 157 cm³/mol. The molecule has 0 unspecified atom stereocenters. The molecule has 0 radical (unpaired) electrons.